The van der Waals surface area contributed by atoms with Crippen molar-refractivity contribution in [2.24, 2.45) is 0 Å². The van der Waals surface area contributed by atoms with Gasteiger partial charge in [0.05, 0.1) is 26.4 Å². The molecule has 2 aromatic carbocycles. The van der Waals surface area contributed by atoms with E-state index in [0.717, 1.165) is 6.08 Å². The maximum Gasteiger partial charge on any atom is 0.331 e. The Morgan fingerprint density at radius 2 is 1.60 bits per heavy atom. The molecule has 45 heavy (non-hydrogen) atoms. The summed E-state index contributed by atoms with van der Waals surface area (Å²) in [4.78, 5) is 12.9. The molecule has 0 radical (unpaired) electrons. The average Bonchev–Trinajstić information content (AvgIpc) is 3.02. The Morgan fingerprint density at radius 1 is 0.867 bits per heavy atom. The first kappa shape index (κ1) is 34.4. The molecule has 2 aromatic rings. The number of carbonyl (C=O) groups excluding carboxylic acids is 1. The van der Waals surface area contributed by atoms with Crippen molar-refractivity contribution in [3.63, 3.8) is 0 Å². The van der Waals surface area contributed by atoms with Gasteiger partial charge >= 0.3 is 5.97 Å². The topological polar surface area (TPSA) is 234 Å². The number of methoxy groups -OCH3 is 1. The number of esters is 1. The lowest BCUT2D eigenvalue weighted by Crippen LogP contribution is -2.65. The van der Waals surface area contributed by atoms with Crippen LogP contribution in [-0.4, -0.2) is 129 Å². The van der Waals surface area contributed by atoms with Gasteiger partial charge in [-0.05, 0) is 54.8 Å². The summed E-state index contributed by atoms with van der Waals surface area (Å²) in [7, 11) is 1.36. The van der Waals surface area contributed by atoms with Crippen molar-refractivity contribution in [3.05, 3.63) is 53.6 Å². The van der Waals surface area contributed by atoms with Gasteiger partial charge < -0.3 is 69.3 Å². The predicted molar refractivity (Wildman–Crippen MR) is 152 cm³/mol. The highest BCUT2D eigenvalue weighted by molar-refractivity contribution is 5.87. The number of ether oxygens (including phenoxy) is 6. The van der Waals surface area contributed by atoms with E-state index in [0.29, 0.717) is 11.1 Å². The standard InChI is InChI=1S/C30H38O15/c1-14-23(36)24(37)25(38)30(42-14)45-28-26(39)29(41-10-9-16-3-6-17(32)19(34)11-16)43-21(13-31)27(28)44-22(35)8-5-15-4-7-18(33)20(12-15)40-2/h3-8,11-12,14,21,23-34,36-39H,9-10,13H2,1-2H3/t14-,21+,23-,24+,25+,26+,27+,28+,29+,30-/m0/s1. The number of aliphatic hydroxyl groups excluding tert-OH is 5. The summed E-state index contributed by atoms with van der Waals surface area (Å²) >= 11 is 0. The second kappa shape index (κ2) is 15.2. The Kier molecular flexibility index (Phi) is 11.6. The van der Waals surface area contributed by atoms with Crippen LogP contribution in [0.3, 0.4) is 0 Å². The predicted octanol–water partition coefficient (Wildman–Crippen LogP) is -0.713. The zero-order chi connectivity index (χ0) is 32.8. The average molecular weight is 639 g/mol. The number of rotatable bonds is 11. The summed E-state index contributed by atoms with van der Waals surface area (Å²) in [5.41, 5.74) is 1.07. The van der Waals surface area contributed by atoms with Gasteiger partial charge in [-0.1, -0.05) is 12.1 Å². The van der Waals surface area contributed by atoms with Gasteiger partial charge in [0.25, 0.3) is 0 Å². The van der Waals surface area contributed by atoms with Crippen LogP contribution in [0.5, 0.6) is 23.0 Å². The molecule has 0 bridgehead atoms. The van der Waals surface area contributed by atoms with E-state index in [-0.39, 0.29) is 36.0 Å². The molecule has 0 spiro atoms. The number of phenols is 3. The highest BCUT2D eigenvalue weighted by atomic mass is 16.7. The molecule has 0 unspecified atom stereocenters. The van der Waals surface area contributed by atoms with E-state index in [1.54, 1.807) is 6.07 Å². The van der Waals surface area contributed by atoms with Gasteiger partial charge in [0, 0.05) is 6.08 Å². The lowest BCUT2D eigenvalue weighted by molar-refractivity contribution is -0.357. The highest BCUT2D eigenvalue weighted by Crippen LogP contribution is 2.32. The van der Waals surface area contributed by atoms with E-state index in [4.69, 9.17) is 28.4 Å². The van der Waals surface area contributed by atoms with Gasteiger partial charge in [-0.25, -0.2) is 4.79 Å². The minimum absolute atomic E-state index is 0.0649. The van der Waals surface area contributed by atoms with Gasteiger partial charge in [-0.3, -0.25) is 0 Å². The first-order valence-electron chi connectivity index (χ1n) is 14.1. The molecular weight excluding hydrogens is 600 g/mol. The number of aliphatic hydroxyl groups is 5. The summed E-state index contributed by atoms with van der Waals surface area (Å²) in [6, 6.07) is 8.54. The van der Waals surface area contributed by atoms with Crippen LogP contribution >= 0.6 is 0 Å². The van der Waals surface area contributed by atoms with Gasteiger partial charge in [0.1, 0.15) is 36.6 Å². The molecule has 4 rings (SSSR count). The fourth-order valence-corrected chi connectivity index (χ4v) is 4.91. The van der Waals surface area contributed by atoms with Crippen molar-refractivity contribution in [2.75, 3.05) is 20.3 Å². The molecule has 8 N–H and O–H groups in total. The molecule has 0 saturated carbocycles. The van der Waals surface area contributed by atoms with Crippen molar-refractivity contribution in [2.45, 2.75) is 74.8 Å². The van der Waals surface area contributed by atoms with E-state index in [1.165, 1.54) is 50.4 Å². The summed E-state index contributed by atoms with van der Waals surface area (Å²) in [5.74, 6) is -1.49. The van der Waals surface area contributed by atoms with Crippen LogP contribution in [0.15, 0.2) is 42.5 Å². The van der Waals surface area contributed by atoms with E-state index in [9.17, 15) is 45.6 Å². The number of carbonyl (C=O) groups is 1. The molecule has 0 amide bonds. The second-order valence-corrected chi connectivity index (χ2v) is 10.6. The second-order valence-electron chi connectivity index (χ2n) is 10.6. The number of phenolic OH excluding ortho intramolecular Hbond substituents is 3. The van der Waals surface area contributed by atoms with Crippen LogP contribution in [0.25, 0.3) is 6.08 Å². The Morgan fingerprint density at radius 3 is 2.29 bits per heavy atom. The van der Waals surface area contributed by atoms with Crippen molar-refractivity contribution in [1.29, 1.82) is 0 Å². The summed E-state index contributed by atoms with van der Waals surface area (Å²) < 4.78 is 33.4. The van der Waals surface area contributed by atoms with Crippen LogP contribution in [0.1, 0.15) is 18.1 Å². The maximum atomic E-state index is 12.9. The number of aromatic hydroxyl groups is 3. The molecule has 15 nitrogen and oxygen atoms in total. The highest BCUT2D eigenvalue weighted by Gasteiger charge is 2.52. The minimum atomic E-state index is -1.76. The van der Waals surface area contributed by atoms with Crippen molar-refractivity contribution < 1.29 is 74.1 Å². The quantitative estimate of drug-likeness (QED) is 0.0862. The maximum absolute atomic E-state index is 12.9. The third-order valence-corrected chi connectivity index (χ3v) is 7.47. The van der Waals surface area contributed by atoms with Crippen molar-refractivity contribution in [1.82, 2.24) is 0 Å². The summed E-state index contributed by atoms with van der Waals surface area (Å²) in [5, 5.41) is 81.4. The molecule has 248 valence electrons. The summed E-state index contributed by atoms with van der Waals surface area (Å²) in [6.45, 7) is 0.645. The Labute approximate surface area is 258 Å². The monoisotopic (exact) mass is 638 g/mol. The summed E-state index contributed by atoms with van der Waals surface area (Å²) in [6.07, 6.45) is -12.3. The third kappa shape index (κ3) is 8.21. The van der Waals surface area contributed by atoms with E-state index in [2.05, 4.69) is 0 Å². The Bertz CT molecular complexity index is 1320. The zero-order valence-corrected chi connectivity index (χ0v) is 24.4. The number of hydrogen-bond donors (Lipinski definition) is 8. The van der Waals surface area contributed by atoms with Crippen LogP contribution < -0.4 is 4.74 Å². The minimum Gasteiger partial charge on any atom is -0.504 e. The van der Waals surface area contributed by atoms with Gasteiger partial charge in [-0.2, -0.15) is 0 Å². The number of hydrogen-bond acceptors (Lipinski definition) is 15. The lowest BCUT2D eigenvalue weighted by Gasteiger charge is -2.46. The molecule has 2 saturated heterocycles. The van der Waals surface area contributed by atoms with Gasteiger partial charge in [0.15, 0.2) is 41.7 Å². The largest absolute Gasteiger partial charge is 0.504 e. The Balaban J connectivity index is 1.52. The molecule has 15 heteroatoms. The molecule has 2 heterocycles. The normalized spacial score (nSPS) is 32.0. The Hall–Kier alpha value is -3.51. The van der Waals surface area contributed by atoms with E-state index in [1.807, 2.05) is 0 Å². The fraction of sp³-hybridized carbons (Fsp3) is 0.500. The number of benzene rings is 2. The van der Waals surface area contributed by atoms with E-state index < -0.39 is 74.0 Å². The van der Waals surface area contributed by atoms with Crippen LogP contribution in [-0.2, 0) is 34.9 Å². The smallest absolute Gasteiger partial charge is 0.331 e. The van der Waals surface area contributed by atoms with Gasteiger partial charge in [-0.15, -0.1) is 0 Å². The van der Waals surface area contributed by atoms with Crippen LogP contribution in [0.4, 0.5) is 0 Å². The van der Waals surface area contributed by atoms with Crippen molar-refractivity contribution in [3.8, 4) is 23.0 Å². The molecule has 2 aliphatic rings. The molecule has 0 aromatic heterocycles. The van der Waals surface area contributed by atoms with Crippen LogP contribution in [0, 0.1) is 0 Å². The van der Waals surface area contributed by atoms with Crippen molar-refractivity contribution >= 4 is 12.0 Å². The van der Waals surface area contributed by atoms with Crippen LogP contribution in [0.2, 0.25) is 0 Å². The third-order valence-electron chi connectivity index (χ3n) is 7.47. The molecular formula is C30H38O15. The SMILES string of the molecule is COc1cc(C=CC(=O)O[C@H]2[C@H](O[C@@H]3O[C@@H](C)[C@H](O)[C@@H](O)[C@H]3O)[C@@H](O)[C@H](OCCc3ccc(O)c(O)c3)O[C@@H]2CO)ccc1O. The molecule has 2 aliphatic heterocycles. The first-order valence-corrected chi connectivity index (χ1v) is 14.1. The zero-order valence-electron chi connectivity index (χ0n) is 24.4. The lowest BCUT2D eigenvalue weighted by atomic mass is 9.97. The molecule has 2 fully saturated rings. The molecule has 0 aliphatic carbocycles. The first-order chi connectivity index (χ1) is 21.4. The van der Waals surface area contributed by atoms with Gasteiger partial charge in [0.2, 0.25) is 0 Å². The van der Waals surface area contributed by atoms with E-state index >= 15 is 0 Å². The molecule has 10 atom stereocenters. The fourth-order valence-electron chi connectivity index (χ4n) is 4.91.